The van der Waals surface area contributed by atoms with E-state index in [9.17, 15) is 10.2 Å². The Bertz CT molecular complexity index is 409. The lowest BCUT2D eigenvalue weighted by Crippen LogP contribution is -2.57. The van der Waals surface area contributed by atoms with Gasteiger partial charge in [0.05, 0.1) is 6.61 Å². The normalized spacial score (nSPS) is 45.2. The van der Waals surface area contributed by atoms with Gasteiger partial charge in [0.1, 0.15) is 11.7 Å². The van der Waals surface area contributed by atoms with Crippen molar-refractivity contribution in [1.29, 1.82) is 0 Å². The summed E-state index contributed by atoms with van der Waals surface area (Å²) in [4.78, 5) is 5.18. The molecule has 0 spiro atoms. The van der Waals surface area contributed by atoms with Gasteiger partial charge in [0.2, 0.25) is 0 Å². The maximum absolute atomic E-state index is 11.4. The van der Waals surface area contributed by atoms with Crippen molar-refractivity contribution in [2.45, 2.75) is 65.1 Å². The average molecular weight is 283 g/mol. The molecule has 0 aromatic heterocycles. The van der Waals surface area contributed by atoms with Crippen LogP contribution in [0.3, 0.4) is 0 Å². The van der Waals surface area contributed by atoms with Gasteiger partial charge in [-0.25, -0.2) is 5.90 Å². The predicted molar refractivity (Wildman–Crippen MR) is 78.7 cm³/mol. The Morgan fingerprint density at radius 1 is 1.45 bits per heavy atom. The van der Waals surface area contributed by atoms with Gasteiger partial charge in [-0.1, -0.05) is 33.8 Å². The fourth-order valence-corrected chi connectivity index (χ4v) is 4.63. The molecule has 0 unspecified atom stereocenters. The lowest BCUT2D eigenvalue weighted by atomic mass is 9.57. The first kappa shape index (κ1) is 16.0. The number of aliphatic hydroxyl groups excluding tert-OH is 1. The van der Waals surface area contributed by atoms with E-state index in [4.69, 9.17) is 10.7 Å². The summed E-state index contributed by atoms with van der Waals surface area (Å²) >= 11 is 0. The first-order valence-corrected chi connectivity index (χ1v) is 7.62. The highest BCUT2D eigenvalue weighted by atomic mass is 16.6. The van der Waals surface area contributed by atoms with E-state index in [0.29, 0.717) is 0 Å². The van der Waals surface area contributed by atoms with Crippen LogP contribution in [0.15, 0.2) is 11.6 Å². The Labute approximate surface area is 122 Å². The van der Waals surface area contributed by atoms with Gasteiger partial charge in [-0.05, 0) is 42.6 Å². The second-order valence-electron chi connectivity index (χ2n) is 7.43. The van der Waals surface area contributed by atoms with Crippen LogP contribution in [0.4, 0.5) is 0 Å². The van der Waals surface area contributed by atoms with Crippen molar-refractivity contribution in [3.63, 3.8) is 0 Å². The summed E-state index contributed by atoms with van der Waals surface area (Å²) in [6.45, 7) is 8.57. The molecule has 4 atom stereocenters. The first-order chi connectivity index (χ1) is 9.25. The van der Waals surface area contributed by atoms with Crippen LogP contribution < -0.4 is 5.90 Å². The highest BCUT2D eigenvalue weighted by Crippen LogP contribution is 2.65. The Morgan fingerprint density at radius 3 is 2.60 bits per heavy atom. The van der Waals surface area contributed by atoms with E-state index in [1.54, 1.807) is 0 Å². The Hall–Kier alpha value is -0.420. The highest BCUT2D eigenvalue weighted by Gasteiger charge is 2.68. The fourth-order valence-electron chi connectivity index (χ4n) is 4.63. The minimum Gasteiger partial charge on any atom is -0.392 e. The second kappa shape index (κ2) is 5.09. The van der Waals surface area contributed by atoms with Crippen LogP contribution in [0.1, 0.15) is 53.4 Å². The summed E-state index contributed by atoms with van der Waals surface area (Å²) in [5.74, 6) is 5.56. The molecule has 1 fully saturated rings. The Kier molecular flexibility index (Phi) is 4.06. The highest BCUT2D eigenvalue weighted by molar-refractivity contribution is 5.22. The van der Waals surface area contributed by atoms with Crippen LogP contribution in [0.25, 0.3) is 0 Å². The maximum Gasteiger partial charge on any atom is 0.109 e. The molecule has 0 saturated heterocycles. The minimum atomic E-state index is -0.935. The van der Waals surface area contributed by atoms with Gasteiger partial charge in [0, 0.05) is 5.41 Å². The monoisotopic (exact) mass is 283 g/mol. The molecule has 1 saturated carbocycles. The Morgan fingerprint density at radius 2 is 2.10 bits per heavy atom. The number of rotatable bonds is 3. The van der Waals surface area contributed by atoms with E-state index in [2.05, 4.69) is 19.9 Å². The molecular formula is C16H29NO3. The fraction of sp³-hybridized carbons (Fsp3) is 0.875. The SMILES string of the molecule is CC(C)[C@]1(O)[C@@H](ON)C[C@]2(C)CC=C(CO)CC[C@]21C. The van der Waals surface area contributed by atoms with Gasteiger partial charge in [-0.2, -0.15) is 0 Å². The van der Waals surface area contributed by atoms with E-state index in [0.717, 1.165) is 31.3 Å². The minimum absolute atomic E-state index is 0.0625. The molecule has 4 N–H and O–H groups in total. The van der Waals surface area contributed by atoms with Gasteiger partial charge >= 0.3 is 0 Å². The average Bonchev–Trinajstić information content (AvgIpc) is 2.50. The summed E-state index contributed by atoms with van der Waals surface area (Å²) in [5.41, 5.74) is -0.188. The smallest absolute Gasteiger partial charge is 0.109 e. The lowest BCUT2D eigenvalue weighted by molar-refractivity contribution is -0.180. The molecule has 4 nitrogen and oxygen atoms in total. The molecule has 0 aromatic rings. The molecule has 2 aliphatic rings. The number of hydrogen-bond donors (Lipinski definition) is 3. The molecule has 0 amide bonds. The summed E-state index contributed by atoms with van der Waals surface area (Å²) in [7, 11) is 0. The molecule has 4 heteroatoms. The molecule has 2 aliphatic carbocycles. The van der Waals surface area contributed by atoms with E-state index >= 15 is 0 Å². The van der Waals surface area contributed by atoms with Gasteiger partial charge in [-0.15, -0.1) is 0 Å². The van der Waals surface area contributed by atoms with Gasteiger partial charge in [-0.3, -0.25) is 4.84 Å². The van der Waals surface area contributed by atoms with Gasteiger partial charge < -0.3 is 10.2 Å². The summed E-state index contributed by atoms with van der Waals surface area (Å²) < 4.78 is 0. The number of fused-ring (bicyclic) bond motifs is 1. The van der Waals surface area contributed by atoms with Crippen molar-refractivity contribution >= 4 is 0 Å². The van der Waals surface area contributed by atoms with E-state index in [-0.39, 0.29) is 29.5 Å². The van der Waals surface area contributed by atoms with Crippen molar-refractivity contribution in [1.82, 2.24) is 0 Å². The third-order valence-electron chi connectivity index (χ3n) is 6.38. The molecule has 0 radical (unpaired) electrons. The lowest BCUT2D eigenvalue weighted by Gasteiger charge is -2.50. The van der Waals surface area contributed by atoms with Crippen LogP contribution in [0.2, 0.25) is 0 Å². The largest absolute Gasteiger partial charge is 0.392 e. The molecule has 2 rings (SSSR count). The summed E-state index contributed by atoms with van der Waals surface area (Å²) in [6.07, 6.45) is 5.10. The predicted octanol–water partition coefficient (Wildman–Crippen LogP) is 2.15. The first-order valence-electron chi connectivity index (χ1n) is 7.62. The number of allylic oxidation sites excluding steroid dienone is 1. The zero-order valence-corrected chi connectivity index (χ0v) is 13.1. The van der Waals surface area contributed by atoms with Crippen molar-refractivity contribution in [3.8, 4) is 0 Å². The molecule has 0 aromatic carbocycles. The molecule has 0 heterocycles. The van der Waals surface area contributed by atoms with Crippen LogP contribution >= 0.6 is 0 Å². The molecule has 20 heavy (non-hydrogen) atoms. The molecular weight excluding hydrogens is 254 g/mol. The van der Waals surface area contributed by atoms with Crippen molar-refractivity contribution < 1.29 is 15.1 Å². The third-order valence-corrected chi connectivity index (χ3v) is 6.38. The van der Waals surface area contributed by atoms with Crippen molar-refractivity contribution in [2.75, 3.05) is 6.61 Å². The standard InChI is InChI=1S/C16H29NO3/c1-11(2)16(19)13(20-17)9-14(3)7-5-12(10-18)6-8-15(14,16)4/h5,11,13,18-19H,6-10,17H2,1-4H3/t13-,14-,15+,16-/m0/s1. The van der Waals surface area contributed by atoms with Crippen LogP contribution in [0, 0.1) is 16.7 Å². The number of nitrogens with two attached hydrogens (primary N) is 1. The zero-order chi connectivity index (χ0) is 15.2. The second-order valence-corrected chi connectivity index (χ2v) is 7.43. The summed E-state index contributed by atoms with van der Waals surface area (Å²) in [6, 6.07) is 0. The molecule has 116 valence electrons. The number of hydrogen-bond acceptors (Lipinski definition) is 4. The van der Waals surface area contributed by atoms with Gasteiger partial charge in [0.15, 0.2) is 0 Å². The number of aliphatic hydroxyl groups is 2. The van der Waals surface area contributed by atoms with E-state index < -0.39 is 5.60 Å². The zero-order valence-electron chi connectivity index (χ0n) is 13.1. The molecule has 0 bridgehead atoms. The van der Waals surface area contributed by atoms with E-state index in [1.165, 1.54) is 0 Å². The topological polar surface area (TPSA) is 75.7 Å². The van der Waals surface area contributed by atoms with Crippen molar-refractivity contribution in [3.05, 3.63) is 11.6 Å². The Balaban J connectivity index is 2.48. The summed E-state index contributed by atoms with van der Waals surface area (Å²) in [5, 5.41) is 20.9. The third kappa shape index (κ3) is 1.89. The van der Waals surface area contributed by atoms with Crippen LogP contribution in [-0.4, -0.2) is 28.5 Å². The van der Waals surface area contributed by atoms with E-state index in [1.807, 2.05) is 13.8 Å². The maximum atomic E-state index is 11.4. The molecule has 0 aliphatic heterocycles. The van der Waals surface area contributed by atoms with Gasteiger partial charge in [0.25, 0.3) is 0 Å². The van der Waals surface area contributed by atoms with Crippen LogP contribution in [0.5, 0.6) is 0 Å². The van der Waals surface area contributed by atoms with Crippen molar-refractivity contribution in [2.24, 2.45) is 22.6 Å². The van der Waals surface area contributed by atoms with Crippen LogP contribution in [-0.2, 0) is 4.84 Å². The quantitative estimate of drug-likeness (QED) is 0.548.